The molecule has 0 spiro atoms. The first-order valence-corrected chi connectivity index (χ1v) is 11.2. The molecule has 3 aromatic carbocycles. The van der Waals surface area contributed by atoms with Gasteiger partial charge in [-0.3, -0.25) is 0 Å². The summed E-state index contributed by atoms with van der Waals surface area (Å²) in [5, 5.41) is 28.3. The molecule has 0 aliphatic carbocycles. The fraction of sp³-hybridized carbons (Fsp3) is 0.154. The Kier molecular flexibility index (Phi) is 5.88. The maximum absolute atomic E-state index is 11.2. The number of nitrogens with zero attached hydrogens (tertiary/aromatic N) is 6. The molecule has 2 aromatic heterocycles. The van der Waals surface area contributed by atoms with E-state index in [4.69, 9.17) is 10.1 Å². The highest BCUT2D eigenvalue weighted by Crippen LogP contribution is 2.30. The predicted octanol–water partition coefficient (Wildman–Crippen LogP) is 4.66. The largest absolute Gasteiger partial charge is 0.478 e. The molecule has 0 saturated carbocycles. The van der Waals surface area contributed by atoms with Gasteiger partial charge in [0, 0.05) is 17.0 Å². The van der Waals surface area contributed by atoms with Crippen LogP contribution in [-0.4, -0.2) is 46.5 Å². The van der Waals surface area contributed by atoms with E-state index in [1.54, 1.807) is 24.3 Å². The van der Waals surface area contributed by atoms with Gasteiger partial charge in [0.1, 0.15) is 0 Å². The first kappa shape index (κ1) is 22.1. The van der Waals surface area contributed by atoms with Crippen LogP contribution in [0.4, 0.5) is 0 Å². The molecule has 174 valence electrons. The second-order valence-electron chi connectivity index (χ2n) is 8.47. The fourth-order valence-electron chi connectivity index (χ4n) is 3.86. The van der Waals surface area contributed by atoms with E-state index in [1.807, 2.05) is 42.8 Å². The van der Waals surface area contributed by atoms with Gasteiger partial charge in [-0.25, -0.2) is 14.5 Å². The van der Waals surface area contributed by atoms with E-state index in [0.717, 1.165) is 33.6 Å². The van der Waals surface area contributed by atoms with Gasteiger partial charge in [0.15, 0.2) is 11.6 Å². The lowest BCUT2D eigenvalue weighted by Crippen LogP contribution is -2.05. The number of H-pyrrole nitrogens is 1. The number of carboxylic acids is 1. The summed E-state index contributed by atoms with van der Waals surface area (Å²) in [4.78, 5) is 16.0. The number of nitrogens with one attached hydrogen (secondary N) is 1. The van der Waals surface area contributed by atoms with Crippen LogP contribution >= 0.6 is 0 Å². The molecular weight excluding hydrogens is 442 g/mol. The molecule has 0 unspecified atom stereocenters. The number of hydrogen-bond acceptors (Lipinski definition) is 6. The summed E-state index contributed by atoms with van der Waals surface area (Å²) < 4.78 is 1.87. The topological polar surface area (TPSA) is 122 Å². The molecule has 0 atom stereocenters. The van der Waals surface area contributed by atoms with Crippen molar-refractivity contribution in [1.29, 1.82) is 0 Å². The van der Waals surface area contributed by atoms with Crippen LogP contribution in [0.1, 0.15) is 41.5 Å². The summed E-state index contributed by atoms with van der Waals surface area (Å²) >= 11 is 0. The number of aromatic amines is 1. The monoisotopic (exact) mass is 465 g/mol. The molecule has 0 radical (unpaired) electrons. The third-order valence-electron chi connectivity index (χ3n) is 5.71. The van der Waals surface area contributed by atoms with E-state index >= 15 is 0 Å². The second-order valence-corrected chi connectivity index (χ2v) is 8.47. The molecule has 9 nitrogen and oxygen atoms in total. The Morgan fingerprint density at radius 2 is 1.63 bits per heavy atom. The van der Waals surface area contributed by atoms with Crippen LogP contribution in [0.2, 0.25) is 0 Å². The highest BCUT2D eigenvalue weighted by atomic mass is 16.4. The number of aromatic carboxylic acids is 1. The van der Waals surface area contributed by atoms with Crippen LogP contribution in [0.5, 0.6) is 0 Å². The smallest absolute Gasteiger partial charge is 0.335 e. The van der Waals surface area contributed by atoms with Crippen molar-refractivity contribution < 1.29 is 9.90 Å². The van der Waals surface area contributed by atoms with Crippen LogP contribution in [0, 0.1) is 0 Å². The Morgan fingerprint density at radius 3 is 2.26 bits per heavy atom. The molecule has 0 aliphatic rings. The van der Waals surface area contributed by atoms with Gasteiger partial charge in [0.2, 0.25) is 5.82 Å². The zero-order chi connectivity index (χ0) is 24.4. The molecule has 2 N–H and O–H groups in total. The van der Waals surface area contributed by atoms with Crippen molar-refractivity contribution in [2.24, 2.45) is 0 Å². The van der Waals surface area contributed by atoms with Gasteiger partial charge >= 0.3 is 5.97 Å². The summed E-state index contributed by atoms with van der Waals surface area (Å²) in [6, 6.07) is 22.9. The quantitative estimate of drug-likeness (QED) is 0.358. The molecule has 0 saturated heterocycles. The normalized spacial score (nSPS) is 11.2. The van der Waals surface area contributed by atoms with Gasteiger partial charge in [-0.1, -0.05) is 74.5 Å². The summed E-state index contributed by atoms with van der Waals surface area (Å²) in [7, 11) is 0. The van der Waals surface area contributed by atoms with E-state index in [9.17, 15) is 9.90 Å². The van der Waals surface area contributed by atoms with E-state index in [2.05, 4.69) is 44.9 Å². The molecule has 0 amide bonds. The molecule has 9 heteroatoms. The second kappa shape index (κ2) is 9.30. The molecule has 0 fully saturated rings. The lowest BCUT2D eigenvalue weighted by molar-refractivity contribution is 0.0697. The van der Waals surface area contributed by atoms with Gasteiger partial charge in [-0.15, -0.1) is 10.2 Å². The lowest BCUT2D eigenvalue weighted by atomic mass is 9.98. The molecule has 5 aromatic rings. The van der Waals surface area contributed by atoms with Gasteiger partial charge in [0.05, 0.1) is 12.1 Å². The van der Waals surface area contributed by atoms with E-state index < -0.39 is 5.97 Å². The number of rotatable bonds is 7. The summed E-state index contributed by atoms with van der Waals surface area (Å²) in [6.07, 6.45) is 0. The third kappa shape index (κ3) is 4.56. The molecule has 0 aliphatic heterocycles. The van der Waals surface area contributed by atoms with Crippen molar-refractivity contribution in [3.05, 3.63) is 89.7 Å². The van der Waals surface area contributed by atoms with Crippen molar-refractivity contribution in [1.82, 2.24) is 35.4 Å². The number of hydrogen-bond donors (Lipinski definition) is 2. The molecule has 35 heavy (non-hydrogen) atoms. The fourth-order valence-corrected chi connectivity index (χ4v) is 3.86. The number of tetrazole rings is 1. The molecular formula is C26H23N7O2. The zero-order valence-corrected chi connectivity index (χ0v) is 19.3. The number of carboxylic acid groups (broad SMARTS) is 1. The van der Waals surface area contributed by atoms with Gasteiger partial charge < -0.3 is 5.11 Å². The Balaban J connectivity index is 1.45. The molecule has 0 bridgehead atoms. The summed E-state index contributed by atoms with van der Waals surface area (Å²) in [6.45, 7) is 4.63. The SMILES string of the molecule is CC(C)c1nc(-c2ccc(C(=O)O)cc2)n(Cc2ccc(-c3ccccc3-c3nn[nH]n3)cc2)n1. The van der Waals surface area contributed by atoms with Crippen molar-refractivity contribution in [2.45, 2.75) is 26.3 Å². The summed E-state index contributed by atoms with van der Waals surface area (Å²) in [5.41, 5.74) is 5.08. The minimum atomic E-state index is -0.957. The Bertz CT molecular complexity index is 1450. The number of aromatic nitrogens is 7. The van der Waals surface area contributed by atoms with Crippen LogP contribution < -0.4 is 0 Å². The highest BCUT2D eigenvalue weighted by molar-refractivity contribution is 5.88. The highest BCUT2D eigenvalue weighted by Gasteiger charge is 2.16. The average molecular weight is 466 g/mol. The van der Waals surface area contributed by atoms with Gasteiger partial charge in [-0.05, 0) is 34.0 Å². The third-order valence-corrected chi connectivity index (χ3v) is 5.71. The molecule has 5 rings (SSSR count). The Hall–Kier alpha value is -4.66. The van der Waals surface area contributed by atoms with Crippen LogP contribution in [0.15, 0.2) is 72.8 Å². The van der Waals surface area contributed by atoms with Gasteiger partial charge in [0.25, 0.3) is 0 Å². The van der Waals surface area contributed by atoms with Crippen molar-refractivity contribution in [3.63, 3.8) is 0 Å². The van der Waals surface area contributed by atoms with Crippen LogP contribution in [0.3, 0.4) is 0 Å². The predicted molar refractivity (Wildman–Crippen MR) is 131 cm³/mol. The minimum Gasteiger partial charge on any atom is -0.478 e. The van der Waals surface area contributed by atoms with E-state index in [-0.39, 0.29) is 11.5 Å². The maximum Gasteiger partial charge on any atom is 0.335 e. The van der Waals surface area contributed by atoms with E-state index in [0.29, 0.717) is 18.2 Å². The average Bonchev–Trinajstić information content (AvgIpc) is 3.55. The van der Waals surface area contributed by atoms with E-state index in [1.165, 1.54) is 0 Å². The van der Waals surface area contributed by atoms with Crippen molar-refractivity contribution in [3.8, 4) is 33.9 Å². The van der Waals surface area contributed by atoms with Crippen LogP contribution in [-0.2, 0) is 6.54 Å². The number of benzene rings is 3. The first-order chi connectivity index (χ1) is 17.0. The minimum absolute atomic E-state index is 0.164. The van der Waals surface area contributed by atoms with Gasteiger partial charge in [-0.2, -0.15) is 10.3 Å². The Labute approximate surface area is 201 Å². The standard InChI is InChI=1S/C26H23N7O2/c1-16(2)23-27-25(19-11-13-20(14-12-19)26(34)35)33(30-23)15-17-7-9-18(10-8-17)21-5-3-4-6-22(21)24-28-31-32-29-24/h3-14,16H,15H2,1-2H3,(H,34,35)(H,28,29,31,32). The number of carbonyl (C=O) groups is 1. The first-order valence-electron chi connectivity index (χ1n) is 11.2. The Morgan fingerprint density at radius 1 is 0.943 bits per heavy atom. The zero-order valence-electron chi connectivity index (χ0n) is 19.3. The van der Waals surface area contributed by atoms with Crippen LogP contribution in [0.25, 0.3) is 33.9 Å². The molecule has 2 heterocycles. The van der Waals surface area contributed by atoms with Crippen molar-refractivity contribution in [2.75, 3.05) is 0 Å². The maximum atomic E-state index is 11.2. The van der Waals surface area contributed by atoms with Crippen molar-refractivity contribution >= 4 is 5.97 Å². The summed E-state index contributed by atoms with van der Waals surface area (Å²) in [5.74, 6) is 1.20. The lowest BCUT2D eigenvalue weighted by Gasteiger charge is -2.10.